The van der Waals surface area contributed by atoms with Crippen LogP contribution in [-0.2, 0) is 0 Å². The third-order valence-electron chi connectivity index (χ3n) is 3.67. The van der Waals surface area contributed by atoms with Gasteiger partial charge in [0.1, 0.15) is 5.82 Å². The maximum Gasteiger partial charge on any atom is 0.223 e. The molecule has 19 heavy (non-hydrogen) atoms. The van der Waals surface area contributed by atoms with E-state index in [1.807, 2.05) is 6.07 Å². The van der Waals surface area contributed by atoms with Gasteiger partial charge in [0.15, 0.2) is 0 Å². The Hall–Kier alpha value is -1.95. The number of nitrogens with two attached hydrogens (primary N) is 2. The molecule has 1 saturated carbocycles. The van der Waals surface area contributed by atoms with Gasteiger partial charge in [-0.3, -0.25) is 0 Å². The molecule has 1 fully saturated rings. The highest BCUT2D eigenvalue weighted by molar-refractivity contribution is 5.87. The summed E-state index contributed by atoms with van der Waals surface area (Å²) in [7, 11) is 0. The van der Waals surface area contributed by atoms with Crippen LogP contribution >= 0.6 is 0 Å². The second-order valence-electron chi connectivity index (χ2n) is 5.02. The Bertz CT molecular complexity index is 584. The van der Waals surface area contributed by atoms with Crippen LogP contribution in [-0.4, -0.2) is 27.0 Å². The van der Waals surface area contributed by atoms with E-state index in [0.29, 0.717) is 11.8 Å². The van der Waals surface area contributed by atoms with E-state index in [1.54, 1.807) is 12.4 Å². The highest BCUT2D eigenvalue weighted by Crippen LogP contribution is 2.21. The van der Waals surface area contributed by atoms with Crippen LogP contribution < -0.4 is 16.8 Å². The molecule has 0 spiro atoms. The number of nitrogen functional groups attached to an aromatic ring is 1. The lowest BCUT2D eigenvalue weighted by Crippen LogP contribution is -2.42. The van der Waals surface area contributed by atoms with Crippen molar-refractivity contribution in [1.29, 1.82) is 0 Å². The van der Waals surface area contributed by atoms with Gasteiger partial charge in [0.25, 0.3) is 0 Å². The summed E-state index contributed by atoms with van der Waals surface area (Å²) in [6.07, 6.45) is 7.90. The molecular weight excluding hydrogens is 240 g/mol. The highest BCUT2D eigenvalue weighted by atomic mass is 15.1. The van der Waals surface area contributed by atoms with Gasteiger partial charge in [-0.1, -0.05) is 12.8 Å². The second kappa shape index (κ2) is 4.97. The molecule has 0 bridgehead atoms. The standard InChI is InChI=1S/C13H18N6/c14-9-3-1-2-4-11(9)19-13-17-7-8-10(18-13)5-6-16-12(8)15/h5-7,9,11H,1-4,14H2,(H2,15,16)(H,17,18,19)/t9-,11+/m0/s1. The minimum Gasteiger partial charge on any atom is -0.383 e. The summed E-state index contributed by atoms with van der Waals surface area (Å²) in [5.41, 5.74) is 12.7. The van der Waals surface area contributed by atoms with Crippen LogP contribution in [0.5, 0.6) is 0 Å². The molecule has 3 rings (SSSR count). The first-order valence-electron chi connectivity index (χ1n) is 6.63. The lowest BCUT2D eigenvalue weighted by molar-refractivity contribution is 0.402. The summed E-state index contributed by atoms with van der Waals surface area (Å²) in [6, 6.07) is 2.26. The molecule has 6 nitrogen and oxygen atoms in total. The van der Waals surface area contributed by atoms with Gasteiger partial charge in [-0.2, -0.15) is 0 Å². The fourth-order valence-electron chi connectivity index (χ4n) is 2.55. The maximum atomic E-state index is 6.12. The van der Waals surface area contributed by atoms with Gasteiger partial charge in [-0.25, -0.2) is 15.0 Å². The molecule has 1 aliphatic carbocycles. The number of nitrogens with zero attached hydrogens (tertiary/aromatic N) is 3. The maximum absolute atomic E-state index is 6.12. The zero-order valence-electron chi connectivity index (χ0n) is 10.7. The van der Waals surface area contributed by atoms with E-state index in [1.165, 1.54) is 12.8 Å². The molecule has 1 aliphatic rings. The van der Waals surface area contributed by atoms with Crippen molar-refractivity contribution in [3.8, 4) is 0 Å². The number of aromatic nitrogens is 3. The van der Waals surface area contributed by atoms with E-state index in [-0.39, 0.29) is 12.1 Å². The van der Waals surface area contributed by atoms with Crippen molar-refractivity contribution in [2.45, 2.75) is 37.8 Å². The average molecular weight is 258 g/mol. The summed E-state index contributed by atoms with van der Waals surface area (Å²) >= 11 is 0. The van der Waals surface area contributed by atoms with Gasteiger partial charge >= 0.3 is 0 Å². The fraction of sp³-hybridized carbons (Fsp3) is 0.462. The van der Waals surface area contributed by atoms with E-state index in [0.717, 1.165) is 23.7 Å². The van der Waals surface area contributed by atoms with Gasteiger partial charge < -0.3 is 16.8 Å². The number of hydrogen-bond donors (Lipinski definition) is 3. The van der Waals surface area contributed by atoms with Crippen molar-refractivity contribution in [3.63, 3.8) is 0 Å². The van der Waals surface area contributed by atoms with Crippen LogP contribution in [0.4, 0.5) is 11.8 Å². The Morgan fingerprint density at radius 3 is 2.89 bits per heavy atom. The molecule has 6 heteroatoms. The quantitative estimate of drug-likeness (QED) is 0.750. The molecule has 100 valence electrons. The molecule has 0 amide bonds. The zero-order valence-corrected chi connectivity index (χ0v) is 10.7. The fourth-order valence-corrected chi connectivity index (χ4v) is 2.55. The molecule has 0 aliphatic heterocycles. The smallest absolute Gasteiger partial charge is 0.223 e. The van der Waals surface area contributed by atoms with Crippen molar-refractivity contribution >= 4 is 22.7 Å². The summed E-state index contributed by atoms with van der Waals surface area (Å²) in [6.45, 7) is 0. The Labute approximate surface area is 111 Å². The Kier molecular flexibility index (Phi) is 3.16. The van der Waals surface area contributed by atoms with E-state index in [4.69, 9.17) is 11.5 Å². The molecule has 5 N–H and O–H groups in total. The Morgan fingerprint density at radius 1 is 1.21 bits per heavy atom. The molecule has 2 aromatic rings. The monoisotopic (exact) mass is 258 g/mol. The first kappa shape index (κ1) is 12.1. The first-order chi connectivity index (χ1) is 9.24. The molecular formula is C13H18N6. The minimum atomic E-state index is 0.176. The van der Waals surface area contributed by atoms with Gasteiger partial charge in [0.05, 0.1) is 10.9 Å². The van der Waals surface area contributed by atoms with Crippen LogP contribution in [0, 0.1) is 0 Å². The summed E-state index contributed by atoms with van der Waals surface area (Å²) in [4.78, 5) is 12.8. The van der Waals surface area contributed by atoms with Crippen molar-refractivity contribution in [3.05, 3.63) is 18.5 Å². The predicted octanol–water partition coefficient (Wildman–Crippen LogP) is 1.29. The van der Waals surface area contributed by atoms with Crippen LogP contribution in [0.25, 0.3) is 10.9 Å². The molecule has 2 atom stereocenters. The number of pyridine rings is 1. The molecule has 0 saturated heterocycles. The average Bonchev–Trinajstić information content (AvgIpc) is 2.42. The summed E-state index contributed by atoms with van der Waals surface area (Å²) in [5, 5.41) is 4.11. The van der Waals surface area contributed by atoms with Gasteiger partial charge in [0.2, 0.25) is 5.95 Å². The van der Waals surface area contributed by atoms with E-state index < -0.39 is 0 Å². The van der Waals surface area contributed by atoms with Crippen molar-refractivity contribution in [2.24, 2.45) is 5.73 Å². The molecule has 2 aromatic heterocycles. The van der Waals surface area contributed by atoms with Crippen molar-refractivity contribution in [2.75, 3.05) is 11.1 Å². The normalized spacial score (nSPS) is 23.4. The minimum absolute atomic E-state index is 0.176. The predicted molar refractivity (Wildman–Crippen MR) is 75.6 cm³/mol. The van der Waals surface area contributed by atoms with Crippen LogP contribution in [0.3, 0.4) is 0 Å². The molecule has 0 unspecified atom stereocenters. The Morgan fingerprint density at radius 2 is 2.05 bits per heavy atom. The first-order valence-corrected chi connectivity index (χ1v) is 6.63. The lowest BCUT2D eigenvalue weighted by atomic mass is 9.91. The number of fused-ring (bicyclic) bond motifs is 1. The lowest BCUT2D eigenvalue weighted by Gasteiger charge is -2.29. The summed E-state index contributed by atoms with van der Waals surface area (Å²) in [5.74, 6) is 1.07. The third-order valence-corrected chi connectivity index (χ3v) is 3.67. The molecule has 0 aromatic carbocycles. The Balaban J connectivity index is 1.85. The van der Waals surface area contributed by atoms with Crippen LogP contribution in [0.15, 0.2) is 18.5 Å². The van der Waals surface area contributed by atoms with Gasteiger partial charge in [-0.15, -0.1) is 0 Å². The highest BCUT2D eigenvalue weighted by Gasteiger charge is 2.22. The molecule has 0 radical (unpaired) electrons. The van der Waals surface area contributed by atoms with E-state index in [9.17, 15) is 0 Å². The third kappa shape index (κ3) is 2.44. The SMILES string of the molecule is Nc1nccc2nc(N[C@@H]3CCCC[C@@H]3N)ncc12. The number of anilines is 2. The second-order valence-corrected chi connectivity index (χ2v) is 5.02. The van der Waals surface area contributed by atoms with E-state index in [2.05, 4.69) is 20.3 Å². The number of rotatable bonds is 2. The van der Waals surface area contributed by atoms with Crippen molar-refractivity contribution < 1.29 is 0 Å². The zero-order chi connectivity index (χ0) is 13.2. The summed E-state index contributed by atoms with van der Waals surface area (Å²) < 4.78 is 0. The topological polar surface area (TPSA) is 103 Å². The van der Waals surface area contributed by atoms with Crippen LogP contribution in [0.2, 0.25) is 0 Å². The van der Waals surface area contributed by atoms with Gasteiger partial charge in [-0.05, 0) is 18.9 Å². The number of nitrogens with one attached hydrogen (secondary N) is 1. The van der Waals surface area contributed by atoms with Crippen molar-refractivity contribution in [1.82, 2.24) is 15.0 Å². The number of hydrogen-bond acceptors (Lipinski definition) is 6. The van der Waals surface area contributed by atoms with Crippen LogP contribution in [0.1, 0.15) is 25.7 Å². The largest absolute Gasteiger partial charge is 0.383 e. The van der Waals surface area contributed by atoms with Gasteiger partial charge in [0, 0.05) is 24.5 Å². The molecule has 2 heterocycles. The van der Waals surface area contributed by atoms with E-state index >= 15 is 0 Å².